The fraction of sp³-hybridized carbons (Fsp3) is 0.650. The molecule has 0 radical (unpaired) electrons. The number of nitrogens with one attached hydrogen (secondary N) is 1. The highest BCUT2D eigenvalue weighted by atomic mass is 32.1. The Hall–Kier alpha value is -3.09. The van der Waals surface area contributed by atoms with Gasteiger partial charge in [-0.3, -0.25) is 10.1 Å². The summed E-state index contributed by atoms with van der Waals surface area (Å²) in [7, 11) is 0. The van der Waals surface area contributed by atoms with Gasteiger partial charge in [0, 0.05) is 57.7 Å². The van der Waals surface area contributed by atoms with Crippen molar-refractivity contribution in [3.8, 4) is 0 Å². The minimum Gasteiger partial charge on any atom is -0.450 e. The Morgan fingerprint density at radius 3 is 1.85 bits per heavy atom. The van der Waals surface area contributed by atoms with Gasteiger partial charge in [0.2, 0.25) is 5.91 Å². The van der Waals surface area contributed by atoms with Crippen LogP contribution in [0.1, 0.15) is 19.5 Å². The number of rotatable bonds is 5. The van der Waals surface area contributed by atoms with Gasteiger partial charge in [-0.15, -0.1) is 11.3 Å². The summed E-state index contributed by atoms with van der Waals surface area (Å²) in [6, 6.07) is -0.291. The molecular weight excluding hydrogens is 452 g/mol. The molecule has 5 amide bonds. The van der Waals surface area contributed by atoms with E-state index < -0.39 is 0 Å². The van der Waals surface area contributed by atoms with Crippen molar-refractivity contribution < 1.29 is 28.7 Å². The van der Waals surface area contributed by atoms with Crippen molar-refractivity contribution in [2.45, 2.75) is 20.3 Å². The number of urea groups is 1. The van der Waals surface area contributed by atoms with E-state index in [1.54, 1.807) is 38.8 Å². The Morgan fingerprint density at radius 1 is 0.848 bits per heavy atom. The van der Waals surface area contributed by atoms with Crippen molar-refractivity contribution in [2.75, 3.05) is 70.9 Å². The van der Waals surface area contributed by atoms with Gasteiger partial charge in [-0.05, 0) is 13.8 Å². The van der Waals surface area contributed by atoms with E-state index in [9.17, 15) is 19.2 Å². The number of carbonyl (C=O) groups excluding carboxylic acids is 4. The zero-order valence-electron chi connectivity index (χ0n) is 18.9. The third-order valence-electron chi connectivity index (χ3n) is 5.35. The Morgan fingerprint density at radius 2 is 1.33 bits per heavy atom. The minimum absolute atomic E-state index is 0.0724. The van der Waals surface area contributed by atoms with E-state index in [1.807, 2.05) is 0 Å². The van der Waals surface area contributed by atoms with Crippen molar-refractivity contribution in [2.24, 2.45) is 0 Å². The van der Waals surface area contributed by atoms with Crippen LogP contribution in [-0.4, -0.2) is 114 Å². The van der Waals surface area contributed by atoms with E-state index in [-0.39, 0.29) is 30.5 Å². The van der Waals surface area contributed by atoms with Crippen LogP contribution in [0.15, 0.2) is 5.38 Å². The quantitative estimate of drug-likeness (QED) is 0.670. The van der Waals surface area contributed by atoms with Crippen LogP contribution in [0.5, 0.6) is 0 Å². The van der Waals surface area contributed by atoms with Crippen LogP contribution in [-0.2, 0) is 20.7 Å². The second kappa shape index (κ2) is 11.7. The lowest BCUT2D eigenvalue weighted by atomic mass is 10.2. The molecule has 0 aromatic carbocycles. The highest BCUT2D eigenvalue weighted by molar-refractivity contribution is 7.13. The third-order valence-corrected chi connectivity index (χ3v) is 6.16. The van der Waals surface area contributed by atoms with Crippen LogP contribution < -0.4 is 5.32 Å². The first-order valence-electron chi connectivity index (χ1n) is 11.0. The molecule has 0 aliphatic carbocycles. The number of anilines is 1. The van der Waals surface area contributed by atoms with E-state index in [2.05, 4.69) is 10.3 Å². The molecule has 0 atom stereocenters. The topological polar surface area (TPSA) is 125 Å². The molecule has 1 aromatic rings. The number of hydrogen-bond donors (Lipinski definition) is 1. The normalized spacial score (nSPS) is 16.4. The second-order valence-electron chi connectivity index (χ2n) is 7.49. The molecular formula is C20H30N6O6S. The molecule has 3 rings (SSSR count). The Balaban J connectivity index is 1.42. The molecule has 1 aromatic heterocycles. The summed E-state index contributed by atoms with van der Waals surface area (Å²) >= 11 is 1.26. The smallest absolute Gasteiger partial charge is 0.409 e. The molecule has 2 fully saturated rings. The third kappa shape index (κ3) is 6.70. The van der Waals surface area contributed by atoms with Crippen LogP contribution in [0.25, 0.3) is 0 Å². The molecule has 182 valence electrons. The number of nitrogens with zero attached hydrogens (tertiary/aromatic N) is 5. The predicted octanol–water partition coefficient (Wildman–Crippen LogP) is 1.29. The monoisotopic (exact) mass is 482 g/mol. The molecule has 1 N–H and O–H groups in total. The van der Waals surface area contributed by atoms with E-state index in [1.165, 1.54) is 11.3 Å². The first-order chi connectivity index (χ1) is 15.9. The summed E-state index contributed by atoms with van der Waals surface area (Å²) in [6.45, 7) is 7.55. The maximum Gasteiger partial charge on any atom is 0.409 e. The van der Waals surface area contributed by atoms with Gasteiger partial charge in [0.05, 0.1) is 25.3 Å². The van der Waals surface area contributed by atoms with Gasteiger partial charge in [-0.25, -0.2) is 19.4 Å². The SMILES string of the molecule is CCOC(=O)N1CCN(C(=O)Cc2csc(NC(=O)N3CCN(C(=O)OCC)CC3)n2)CC1. The Bertz CT molecular complexity index is 781. The molecule has 13 heteroatoms. The predicted molar refractivity (Wildman–Crippen MR) is 120 cm³/mol. The first kappa shape index (κ1) is 24.6. The average molecular weight is 483 g/mol. The molecule has 0 bridgehead atoms. The van der Waals surface area contributed by atoms with Crippen LogP contribution >= 0.6 is 11.3 Å². The van der Waals surface area contributed by atoms with Crippen molar-refractivity contribution in [1.82, 2.24) is 24.6 Å². The summed E-state index contributed by atoms with van der Waals surface area (Å²) in [5, 5.41) is 4.93. The zero-order chi connectivity index (χ0) is 23.8. The maximum absolute atomic E-state index is 12.6. The van der Waals surface area contributed by atoms with Crippen molar-refractivity contribution in [3.63, 3.8) is 0 Å². The summed E-state index contributed by atoms with van der Waals surface area (Å²) in [5.41, 5.74) is 0.584. The lowest BCUT2D eigenvalue weighted by molar-refractivity contribution is -0.132. The fourth-order valence-electron chi connectivity index (χ4n) is 3.54. The van der Waals surface area contributed by atoms with Crippen LogP contribution in [0.2, 0.25) is 0 Å². The van der Waals surface area contributed by atoms with Crippen molar-refractivity contribution >= 4 is 40.6 Å². The van der Waals surface area contributed by atoms with Crippen molar-refractivity contribution in [1.29, 1.82) is 0 Å². The molecule has 2 saturated heterocycles. The molecule has 0 unspecified atom stereocenters. The number of aromatic nitrogens is 1. The van der Waals surface area contributed by atoms with Gasteiger partial charge < -0.3 is 29.1 Å². The van der Waals surface area contributed by atoms with Crippen LogP contribution in [0.4, 0.5) is 19.5 Å². The van der Waals surface area contributed by atoms with Gasteiger partial charge >= 0.3 is 18.2 Å². The van der Waals surface area contributed by atoms with Gasteiger partial charge in [0.1, 0.15) is 0 Å². The zero-order valence-corrected chi connectivity index (χ0v) is 19.8. The summed E-state index contributed by atoms with van der Waals surface area (Å²) in [5.74, 6) is -0.0724. The number of ether oxygens (including phenoxy) is 2. The highest BCUT2D eigenvalue weighted by Crippen LogP contribution is 2.18. The van der Waals surface area contributed by atoms with Crippen LogP contribution in [0.3, 0.4) is 0 Å². The first-order valence-corrected chi connectivity index (χ1v) is 11.9. The van der Waals surface area contributed by atoms with Crippen LogP contribution in [0, 0.1) is 0 Å². The van der Waals surface area contributed by atoms with E-state index in [0.29, 0.717) is 76.4 Å². The highest BCUT2D eigenvalue weighted by Gasteiger charge is 2.27. The second-order valence-corrected chi connectivity index (χ2v) is 8.35. The fourth-order valence-corrected chi connectivity index (χ4v) is 4.24. The Kier molecular flexibility index (Phi) is 8.69. The molecule has 0 spiro atoms. The number of carbonyl (C=O) groups is 4. The van der Waals surface area contributed by atoms with Gasteiger partial charge in [0.25, 0.3) is 0 Å². The average Bonchev–Trinajstić information content (AvgIpc) is 3.26. The van der Waals surface area contributed by atoms with Gasteiger partial charge in [-0.2, -0.15) is 0 Å². The number of thiazole rings is 1. The van der Waals surface area contributed by atoms with E-state index in [0.717, 1.165) is 0 Å². The minimum atomic E-state index is -0.367. The molecule has 33 heavy (non-hydrogen) atoms. The Labute approximate surface area is 196 Å². The lowest BCUT2D eigenvalue weighted by Crippen LogP contribution is -2.51. The molecule has 0 saturated carbocycles. The van der Waals surface area contributed by atoms with Gasteiger partial charge in [-0.1, -0.05) is 0 Å². The van der Waals surface area contributed by atoms with Gasteiger partial charge in [0.15, 0.2) is 5.13 Å². The summed E-state index contributed by atoms with van der Waals surface area (Å²) < 4.78 is 9.97. The maximum atomic E-state index is 12.6. The number of piperazine rings is 2. The van der Waals surface area contributed by atoms with E-state index in [4.69, 9.17) is 9.47 Å². The summed E-state index contributed by atoms with van der Waals surface area (Å²) in [6.07, 6.45) is -0.592. The number of hydrogen-bond acceptors (Lipinski definition) is 8. The summed E-state index contributed by atoms with van der Waals surface area (Å²) in [4.78, 5) is 59.5. The lowest BCUT2D eigenvalue weighted by Gasteiger charge is -2.34. The standard InChI is InChI=1S/C20H30N6O6S/c1-3-31-19(29)25-9-5-23(6-10-25)16(27)13-15-14-33-17(21-15)22-18(28)24-7-11-26(12-8-24)20(30)32-4-2/h14H,3-13H2,1-2H3,(H,21,22,28). The molecule has 2 aliphatic heterocycles. The molecule has 2 aliphatic rings. The van der Waals surface area contributed by atoms with Crippen molar-refractivity contribution in [3.05, 3.63) is 11.1 Å². The van der Waals surface area contributed by atoms with E-state index >= 15 is 0 Å². The number of amides is 5. The largest absolute Gasteiger partial charge is 0.450 e. The molecule has 12 nitrogen and oxygen atoms in total. The molecule has 3 heterocycles.